The Balaban J connectivity index is 1.61. The maximum atomic E-state index is 5.64. The topological polar surface area (TPSA) is 9.23 Å². The summed E-state index contributed by atoms with van der Waals surface area (Å²) in [5.74, 6) is 3.88. The molecule has 0 saturated heterocycles. The number of hydrogen-bond donors (Lipinski definition) is 0. The molecule has 2 saturated carbocycles. The minimum absolute atomic E-state index is 0.719. The molecule has 0 aromatic rings. The van der Waals surface area contributed by atoms with E-state index in [2.05, 4.69) is 25.7 Å². The van der Waals surface area contributed by atoms with Crippen LogP contribution in [-0.2, 0) is 4.74 Å². The van der Waals surface area contributed by atoms with Gasteiger partial charge in [-0.3, -0.25) is 0 Å². The van der Waals surface area contributed by atoms with Crippen LogP contribution in [0.5, 0.6) is 0 Å². The van der Waals surface area contributed by atoms with Gasteiger partial charge in [0.05, 0.1) is 6.61 Å². The third kappa shape index (κ3) is 5.91. The normalized spacial score (nSPS) is 33.1. The molecule has 126 valence electrons. The van der Waals surface area contributed by atoms with Gasteiger partial charge in [0, 0.05) is 6.61 Å². The van der Waals surface area contributed by atoms with Gasteiger partial charge in [0.25, 0.3) is 0 Å². The van der Waals surface area contributed by atoms with E-state index >= 15 is 0 Å². The number of ether oxygens (including phenoxy) is 1. The summed E-state index contributed by atoms with van der Waals surface area (Å²) in [6.45, 7) is 7.53. The molecule has 0 aromatic carbocycles. The van der Waals surface area contributed by atoms with Crippen molar-refractivity contribution in [3.8, 4) is 0 Å². The fraction of sp³-hybridized carbons (Fsp3) is 0.810. The van der Waals surface area contributed by atoms with E-state index < -0.39 is 0 Å². The van der Waals surface area contributed by atoms with Crippen LogP contribution < -0.4 is 0 Å². The molecule has 2 aliphatic rings. The predicted octanol–water partition coefficient (Wildman–Crippen LogP) is 6.16. The molecule has 0 unspecified atom stereocenters. The summed E-state index contributed by atoms with van der Waals surface area (Å²) >= 11 is 0. The van der Waals surface area contributed by atoms with Crippen molar-refractivity contribution in [1.82, 2.24) is 0 Å². The molecule has 0 spiro atoms. The SMILES string of the molecule is C=CCOCC1CCC(C2CCC(CC/C=C/C)CC2)CC1. The van der Waals surface area contributed by atoms with Crippen molar-refractivity contribution >= 4 is 0 Å². The maximum absolute atomic E-state index is 5.64. The van der Waals surface area contributed by atoms with E-state index in [9.17, 15) is 0 Å². The lowest BCUT2D eigenvalue weighted by Gasteiger charge is -2.37. The van der Waals surface area contributed by atoms with Crippen molar-refractivity contribution < 1.29 is 4.74 Å². The minimum atomic E-state index is 0.719. The van der Waals surface area contributed by atoms with E-state index in [1.807, 2.05) is 6.08 Å². The molecular weight excluding hydrogens is 268 g/mol. The van der Waals surface area contributed by atoms with Gasteiger partial charge in [0.1, 0.15) is 0 Å². The van der Waals surface area contributed by atoms with Gasteiger partial charge in [-0.1, -0.05) is 31.1 Å². The van der Waals surface area contributed by atoms with E-state index in [1.54, 1.807) is 0 Å². The molecule has 1 heteroatoms. The maximum Gasteiger partial charge on any atom is 0.0644 e. The zero-order valence-corrected chi connectivity index (χ0v) is 14.6. The van der Waals surface area contributed by atoms with Gasteiger partial charge >= 0.3 is 0 Å². The monoisotopic (exact) mass is 304 g/mol. The molecular formula is C21H36O. The van der Waals surface area contributed by atoms with Crippen LogP contribution in [0.1, 0.15) is 71.1 Å². The van der Waals surface area contributed by atoms with Gasteiger partial charge in [-0.15, -0.1) is 6.58 Å². The van der Waals surface area contributed by atoms with E-state index in [-0.39, 0.29) is 0 Å². The third-order valence-electron chi connectivity index (χ3n) is 6.02. The Hall–Kier alpha value is -0.560. The molecule has 0 aromatic heterocycles. The van der Waals surface area contributed by atoms with Gasteiger partial charge in [0.2, 0.25) is 0 Å². The summed E-state index contributed by atoms with van der Waals surface area (Å²) in [4.78, 5) is 0. The van der Waals surface area contributed by atoms with Crippen molar-refractivity contribution in [2.45, 2.75) is 71.1 Å². The molecule has 0 amide bonds. The summed E-state index contributed by atoms with van der Waals surface area (Å²) in [5, 5.41) is 0. The summed E-state index contributed by atoms with van der Waals surface area (Å²) in [6, 6.07) is 0. The van der Waals surface area contributed by atoms with Crippen molar-refractivity contribution in [1.29, 1.82) is 0 Å². The molecule has 0 N–H and O–H groups in total. The lowest BCUT2D eigenvalue weighted by molar-refractivity contribution is 0.0781. The highest BCUT2D eigenvalue weighted by Crippen LogP contribution is 2.42. The van der Waals surface area contributed by atoms with Crippen molar-refractivity contribution in [3.63, 3.8) is 0 Å². The zero-order valence-electron chi connectivity index (χ0n) is 14.6. The second kappa shape index (κ2) is 10.3. The first-order chi connectivity index (χ1) is 10.8. The van der Waals surface area contributed by atoms with Gasteiger partial charge in [-0.25, -0.2) is 0 Å². The average molecular weight is 305 g/mol. The first kappa shape index (κ1) is 17.8. The number of rotatable bonds is 8. The van der Waals surface area contributed by atoms with E-state index in [0.29, 0.717) is 0 Å². The quantitative estimate of drug-likeness (QED) is 0.385. The summed E-state index contributed by atoms with van der Waals surface area (Å²) < 4.78 is 5.64. The Morgan fingerprint density at radius 2 is 1.50 bits per heavy atom. The highest BCUT2D eigenvalue weighted by atomic mass is 16.5. The molecule has 2 fully saturated rings. The van der Waals surface area contributed by atoms with Gasteiger partial charge in [-0.2, -0.15) is 0 Å². The number of hydrogen-bond acceptors (Lipinski definition) is 1. The Labute approximate surface area is 138 Å². The van der Waals surface area contributed by atoms with E-state index in [1.165, 1.54) is 64.2 Å². The van der Waals surface area contributed by atoms with Crippen LogP contribution in [0.25, 0.3) is 0 Å². The second-order valence-electron chi connectivity index (χ2n) is 7.53. The molecule has 0 heterocycles. The van der Waals surface area contributed by atoms with Gasteiger partial charge in [-0.05, 0) is 82.0 Å². The molecule has 0 bridgehead atoms. The lowest BCUT2D eigenvalue weighted by atomic mass is 9.69. The standard InChI is InChI=1S/C21H36O/c1-3-5-6-7-18-8-12-20(13-9-18)21-14-10-19(11-15-21)17-22-16-4-2/h3-5,18-21H,2,6-17H2,1H3/b5-3+. The predicted molar refractivity (Wildman–Crippen MR) is 96.0 cm³/mol. The summed E-state index contributed by atoms with van der Waals surface area (Å²) in [5.41, 5.74) is 0. The highest BCUT2D eigenvalue weighted by molar-refractivity contribution is 4.84. The molecule has 0 atom stereocenters. The van der Waals surface area contributed by atoms with Gasteiger partial charge < -0.3 is 4.74 Å². The van der Waals surface area contributed by atoms with Crippen LogP contribution in [-0.4, -0.2) is 13.2 Å². The molecule has 1 nitrogen and oxygen atoms in total. The van der Waals surface area contributed by atoms with E-state index in [0.717, 1.165) is 36.9 Å². The number of allylic oxidation sites excluding steroid dienone is 2. The molecule has 0 radical (unpaired) electrons. The minimum Gasteiger partial charge on any atom is -0.377 e. The summed E-state index contributed by atoms with van der Waals surface area (Å²) in [7, 11) is 0. The first-order valence-corrected chi connectivity index (χ1v) is 9.63. The Kier molecular flexibility index (Phi) is 8.30. The fourth-order valence-corrected chi connectivity index (χ4v) is 4.59. The smallest absolute Gasteiger partial charge is 0.0644 e. The van der Waals surface area contributed by atoms with Crippen molar-refractivity contribution in [3.05, 3.63) is 24.8 Å². The Bertz CT molecular complexity index is 317. The van der Waals surface area contributed by atoms with E-state index in [4.69, 9.17) is 4.74 Å². The molecule has 2 aliphatic carbocycles. The summed E-state index contributed by atoms with van der Waals surface area (Å²) in [6.07, 6.45) is 20.8. The van der Waals surface area contributed by atoms with Crippen molar-refractivity contribution in [2.24, 2.45) is 23.7 Å². The van der Waals surface area contributed by atoms with Crippen LogP contribution in [0.2, 0.25) is 0 Å². The zero-order chi connectivity index (χ0) is 15.6. The molecule has 22 heavy (non-hydrogen) atoms. The van der Waals surface area contributed by atoms with Crippen LogP contribution in [0.3, 0.4) is 0 Å². The molecule has 0 aliphatic heterocycles. The van der Waals surface area contributed by atoms with Crippen LogP contribution in [0.4, 0.5) is 0 Å². The third-order valence-corrected chi connectivity index (χ3v) is 6.02. The van der Waals surface area contributed by atoms with Crippen molar-refractivity contribution in [2.75, 3.05) is 13.2 Å². The second-order valence-corrected chi connectivity index (χ2v) is 7.53. The Morgan fingerprint density at radius 1 is 0.909 bits per heavy atom. The largest absolute Gasteiger partial charge is 0.377 e. The first-order valence-electron chi connectivity index (χ1n) is 9.63. The van der Waals surface area contributed by atoms with Crippen LogP contribution in [0, 0.1) is 23.7 Å². The Morgan fingerprint density at radius 3 is 2.05 bits per heavy atom. The fourth-order valence-electron chi connectivity index (χ4n) is 4.59. The average Bonchev–Trinajstić information content (AvgIpc) is 2.57. The van der Waals surface area contributed by atoms with Crippen LogP contribution in [0.15, 0.2) is 24.8 Å². The highest BCUT2D eigenvalue weighted by Gasteiger charge is 2.30. The lowest BCUT2D eigenvalue weighted by Crippen LogP contribution is -2.27. The molecule has 2 rings (SSSR count). The van der Waals surface area contributed by atoms with Gasteiger partial charge in [0.15, 0.2) is 0 Å². The van der Waals surface area contributed by atoms with Crippen LogP contribution >= 0.6 is 0 Å².